The predicted molar refractivity (Wildman–Crippen MR) is 73.8 cm³/mol. The first kappa shape index (κ1) is 17.1. The Morgan fingerprint density at radius 3 is 2.26 bits per heavy atom. The van der Waals surface area contributed by atoms with E-state index in [0.29, 0.717) is 29.0 Å². The van der Waals surface area contributed by atoms with Crippen LogP contribution in [0, 0.1) is 0 Å². The van der Waals surface area contributed by atoms with Gasteiger partial charge in [0.05, 0.1) is 0 Å². The van der Waals surface area contributed by atoms with E-state index in [-0.39, 0.29) is 4.47 Å². The van der Waals surface area contributed by atoms with Gasteiger partial charge in [0.25, 0.3) is 0 Å². The second-order valence-corrected chi connectivity index (χ2v) is 6.80. The summed E-state index contributed by atoms with van der Waals surface area (Å²) in [6, 6.07) is 1.05. The number of benzene rings is 1. The highest BCUT2D eigenvalue weighted by molar-refractivity contribution is 9.10. The molecule has 2 N–H and O–H groups in total. The van der Waals surface area contributed by atoms with Gasteiger partial charge < -0.3 is 9.79 Å². The predicted octanol–water partition coefficient (Wildman–Crippen LogP) is 4.45. The molecule has 0 amide bonds. The summed E-state index contributed by atoms with van der Waals surface area (Å²) < 4.78 is 38.6. The van der Waals surface area contributed by atoms with Gasteiger partial charge in [-0.15, -0.1) is 0 Å². The van der Waals surface area contributed by atoms with E-state index >= 15 is 0 Å². The molecule has 0 fully saturated rings. The van der Waals surface area contributed by atoms with Crippen molar-refractivity contribution in [3.8, 4) is 0 Å². The third-order valence-electron chi connectivity index (χ3n) is 2.79. The summed E-state index contributed by atoms with van der Waals surface area (Å²) >= 11 is 9.06. The second-order valence-electron chi connectivity index (χ2n) is 3.98. The van der Waals surface area contributed by atoms with Crippen LogP contribution in [-0.4, -0.2) is 9.79 Å². The molecular formula is C11H13BrClF2O3P. The van der Waals surface area contributed by atoms with Crippen molar-refractivity contribution in [1.82, 2.24) is 0 Å². The monoisotopic (exact) mass is 376 g/mol. The van der Waals surface area contributed by atoms with Crippen LogP contribution in [0.5, 0.6) is 0 Å². The number of halogens is 4. The molecule has 8 heteroatoms. The minimum atomic E-state index is -5.60. The smallest absolute Gasteiger partial charge is 0.320 e. The molecule has 1 aromatic rings. The van der Waals surface area contributed by atoms with Crippen molar-refractivity contribution in [3.63, 3.8) is 0 Å². The van der Waals surface area contributed by atoms with Crippen LogP contribution < -0.4 is 0 Å². The summed E-state index contributed by atoms with van der Waals surface area (Å²) in [7, 11) is -5.60. The van der Waals surface area contributed by atoms with Crippen molar-refractivity contribution >= 4 is 35.1 Å². The molecule has 0 aliphatic carbocycles. The molecule has 108 valence electrons. The maximum absolute atomic E-state index is 13.9. The minimum absolute atomic E-state index is 0.0504. The molecule has 0 unspecified atom stereocenters. The number of hydrogen-bond acceptors (Lipinski definition) is 1. The summed E-state index contributed by atoms with van der Waals surface area (Å²) in [5, 5.41) is 0.349. The van der Waals surface area contributed by atoms with E-state index in [1.54, 1.807) is 13.8 Å². The Balaban J connectivity index is 3.67. The fourth-order valence-corrected chi connectivity index (χ4v) is 3.71. The molecule has 0 saturated carbocycles. The van der Waals surface area contributed by atoms with Crippen LogP contribution in [0.4, 0.5) is 8.78 Å². The average Bonchev–Trinajstić information content (AvgIpc) is 2.28. The molecule has 0 heterocycles. The van der Waals surface area contributed by atoms with E-state index in [4.69, 9.17) is 21.4 Å². The minimum Gasteiger partial charge on any atom is -0.320 e. The lowest BCUT2D eigenvalue weighted by Gasteiger charge is -2.22. The standard InChI is InChI=1S/C11H13BrClF2O3P/c1-3-6-5-8(11(14,15)19(16,17)18)9(12)7(4-2)10(6)13/h5H,3-4H2,1-2H3,(H2,16,17,18). The van der Waals surface area contributed by atoms with Crippen LogP contribution in [0.1, 0.15) is 30.5 Å². The molecule has 0 atom stereocenters. The number of alkyl halides is 2. The SMILES string of the molecule is CCc1cc(C(F)(F)P(=O)(O)O)c(Br)c(CC)c1Cl. The molecule has 0 aromatic heterocycles. The Hall–Kier alpha value is -0.0000000000000000555. The van der Waals surface area contributed by atoms with Crippen LogP contribution >= 0.6 is 35.1 Å². The van der Waals surface area contributed by atoms with Gasteiger partial charge in [-0.2, -0.15) is 8.78 Å². The van der Waals surface area contributed by atoms with E-state index in [9.17, 15) is 13.3 Å². The number of hydrogen-bond donors (Lipinski definition) is 2. The topological polar surface area (TPSA) is 57.5 Å². The first-order valence-corrected chi connectivity index (χ1v) is 8.29. The van der Waals surface area contributed by atoms with Crippen LogP contribution in [0.2, 0.25) is 5.02 Å². The molecule has 19 heavy (non-hydrogen) atoms. The van der Waals surface area contributed by atoms with Crippen molar-refractivity contribution in [2.45, 2.75) is 32.4 Å². The Bertz CT molecular complexity index is 545. The molecule has 1 aromatic carbocycles. The summed E-state index contributed by atoms with van der Waals surface area (Å²) in [6.45, 7) is 3.46. The molecule has 0 radical (unpaired) electrons. The lowest BCUT2D eigenvalue weighted by atomic mass is 10.0. The highest BCUT2D eigenvalue weighted by atomic mass is 79.9. The quantitative estimate of drug-likeness (QED) is 0.762. The van der Waals surface area contributed by atoms with Crippen LogP contribution in [0.25, 0.3) is 0 Å². The highest BCUT2D eigenvalue weighted by Crippen LogP contribution is 2.61. The molecule has 0 spiro atoms. The van der Waals surface area contributed by atoms with E-state index in [1.165, 1.54) is 0 Å². The average molecular weight is 378 g/mol. The lowest BCUT2D eigenvalue weighted by molar-refractivity contribution is 0.0556. The molecule has 3 nitrogen and oxygen atoms in total. The van der Waals surface area contributed by atoms with Crippen molar-refractivity contribution in [1.29, 1.82) is 0 Å². The summed E-state index contributed by atoms with van der Waals surface area (Å²) in [4.78, 5) is 17.7. The molecule has 0 aliphatic heterocycles. The molecule has 1 rings (SSSR count). The first-order chi connectivity index (χ1) is 8.57. The van der Waals surface area contributed by atoms with Gasteiger partial charge in [-0.3, -0.25) is 4.57 Å². The van der Waals surface area contributed by atoms with Crippen molar-refractivity contribution in [3.05, 3.63) is 32.3 Å². The second kappa shape index (κ2) is 5.78. The van der Waals surface area contributed by atoms with Gasteiger partial charge >= 0.3 is 13.3 Å². The Morgan fingerprint density at radius 1 is 1.37 bits per heavy atom. The summed E-state index contributed by atoms with van der Waals surface area (Å²) in [5.41, 5.74) is -4.11. The molecule has 0 saturated heterocycles. The van der Waals surface area contributed by atoms with Gasteiger partial charge in [0.15, 0.2) is 0 Å². The fraction of sp³-hybridized carbons (Fsp3) is 0.455. The van der Waals surface area contributed by atoms with Gasteiger partial charge in [0.1, 0.15) is 0 Å². The van der Waals surface area contributed by atoms with Gasteiger partial charge in [-0.1, -0.05) is 25.4 Å². The third kappa shape index (κ3) is 3.03. The maximum Gasteiger partial charge on any atom is 0.399 e. The normalized spacial score (nSPS) is 12.8. The van der Waals surface area contributed by atoms with E-state index in [0.717, 1.165) is 6.07 Å². The number of aryl methyl sites for hydroxylation is 1. The van der Waals surface area contributed by atoms with Gasteiger partial charge in [0, 0.05) is 15.1 Å². The molecule has 0 aliphatic rings. The van der Waals surface area contributed by atoms with Crippen LogP contribution in [0.15, 0.2) is 10.5 Å². The largest absolute Gasteiger partial charge is 0.399 e. The van der Waals surface area contributed by atoms with Crippen molar-refractivity contribution in [2.24, 2.45) is 0 Å². The van der Waals surface area contributed by atoms with E-state index < -0.39 is 18.8 Å². The zero-order valence-electron chi connectivity index (χ0n) is 10.3. The third-order valence-corrected chi connectivity index (χ3v) is 5.14. The summed E-state index contributed by atoms with van der Waals surface area (Å²) in [6.07, 6.45) is 0.765. The lowest BCUT2D eigenvalue weighted by Crippen LogP contribution is -2.16. The Labute approximate surface area is 123 Å². The summed E-state index contributed by atoms with van der Waals surface area (Å²) in [5.74, 6) is 0. The Kier molecular flexibility index (Phi) is 5.19. The maximum atomic E-state index is 13.9. The van der Waals surface area contributed by atoms with Crippen molar-refractivity contribution in [2.75, 3.05) is 0 Å². The van der Waals surface area contributed by atoms with E-state index in [2.05, 4.69) is 15.9 Å². The molecular weight excluding hydrogens is 364 g/mol. The van der Waals surface area contributed by atoms with Crippen LogP contribution in [-0.2, 0) is 23.1 Å². The Morgan fingerprint density at radius 2 is 1.89 bits per heavy atom. The van der Waals surface area contributed by atoms with Gasteiger partial charge in [-0.05, 0) is 46.0 Å². The zero-order chi connectivity index (χ0) is 15.0. The van der Waals surface area contributed by atoms with Crippen LogP contribution in [0.3, 0.4) is 0 Å². The van der Waals surface area contributed by atoms with Gasteiger partial charge in [0.2, 0.25) is 0 Å². The highest BCUT2D eigenvalue weighted by Gasteiger charge is 2.52. The molecule has 0 bridgehead atoms. The first-order valence-electron chi connectivity index (χ1n) is 5.51. The number of rotatable bonds is 4. The van der Waals surface area contributed by atoms with Crippen molar-refractivity contribution < 1.29 is 23.1 Å². The van der Waals surface area contributed by atoms with E-state index in [1.807, 2.05) is 0 Å². The zero-order valence-corrected chi connectivity index (χ0v) is 13.5. The van der Waals surface area contributed by atoms with Gasteiger partial charge in [-0.25, -0.2) is 0 Å². The fourth-order valence-electron chi connectivity index (χ4n) is 1.70.